The Labute approximate surface area is 129 Å². The van der Waals surface area contributed by atoms with E-state index in [0.717, 1.165) is 13.0 Å². The number of nitrogens with zero attached hydrogens (tertiary/aromatic N) is 1. The molecule has 0 amide bonds. The summed E-state index contributed by atoms with van der Waals surface area (Å²) in [5.74, 6) is 0.440. The summed E-state index contributed by atoms with van der Waals surface area (Å²) in [5.41, 5.74) is 2.80. The number of rotatable bonds is 5. The number of hydrogen-bond donors (Lipinski definition) is 1. The van der Waals surface area contributed by atoms with Crippen molar-refractivity contribution in [2.75, 3.05) is 13.7 Å². The molecule has 0 fully saturated rings. The van der Waals surface area contributed by atoms with Crippen LogP contribution in [0.3, 0.4) is 0 Å². The molecule has 21 heavy (non-hydrogen) atoms. The Morgan fingerprint density at radius 2 is 2.19 bits per heavy atom. The number of hydrogen-bond acceptors (Lipinski definition) is 3. The van der Waals surface area contributed by atoms with Crippen LogP contribution < -0.4 is 5.32 Å². The van der Waals surface area contributed by atoms with Gasteiger partial charge in [0.25, 0.3) is 0 Å². The normalized spacial score (nSPS) is 21.7. The molecule has 0 saturated heterocycles. The average molecular weight is 290 g/mol. The highest BCUT2D eigenvalue weighted by Gasteiger charge is 2.39. The van der Waals surface area contributed by atoms with Crippen molar-refractivity contribution in [3.8, 4) is 0 Å². The number of nitrogens with one attached hydrogen (secondary N) is 1. The molecule has 2 rings (SSSR count). The molecule has 3 unspecified atom stereocenters. The van der Waals surface area contributed by atoms with Crippen LogP contribution in [0, 0.1) is 5.41 Å². The fourth-order valence-corrected chi connectivity index (χ4v) is 3.63. The van der Waals surface area contributed by atoms with E-state index in [1.54, 1.807) is 0 Å². The van der Waals surface area contributed by atoms with Crippen molar-refractivity contribution in [2.24, 2.45) is 5.41 Å². The summed E-state index contributed by atoms with van der Waals surface area (Å²) < 4.78 is 6.14. The molecule has 0 spiro atoms. The second kappa shape index (κ2) is 6.89. The lowest BCUT2D eigenvalue weighted by atomic mass is 9.74. The molecule has 1 aliphatic rings. The van der Waals surface area contributed by atoms with E-state index < -0.39 is 0 Å². The van der Waals surface area contributed by atoms with Crippen molar-refractivity contribution >= 4 is 0 Å². The van der Waals surface area contributed by atoms with E-state index in [0.29, 0.717) is 12.0 Å². The molecule has 1 aromatic heterocycles. The van der Waals surface area contributed by atoms with Gasteiger partial charge in [-0.3, -0.25) is 4.98 Å². The Morgan fingerprint density at radius 1 is 1.43 bits per heavy atom. The lowest BCUT2D eigenvalue weighted by molar-refractivity contribution is -0.0414. The number of pyridine rings is 1. The highest BCUT2D eigenvalue weighted by atomic mass is 16.5. The topological polar surface area (TPSA) is 34.1 Å². The van der Waals surface area contributed by atoms with Crippen LogP contribution in [0.2, 0.25) is 0 Å². The Kier molecular flexibility index (Phi) is 5.39. The first-order chi connectivity index (χ1) is 9.99. The summed E-state index contributed by atoms with van der Waals surface area (Å²) in [7, 11) is 2.06. The molecule has 0 aromatic carbocycles. The Bertz CT molecular complexity index is 453. The minimum Gasteiger partial charge on any atom is -0.376 e. The third-order valence-corrected chi connectivity index (χ3v) is 4.53. The maximum atomic E-state index is 6.14. The molecule has 0 saturated carbocycles. The van der Waals surface area contributed by atoms with Crippen LogP contribution in [0.5, 0.6) is 0 Å². The third kappa shape index (κ3) is 3.64. The number of fused-ring (bicyclic) bond motifs is 1. The summed E-state index contributed by atoms with van der Waals surface area (Å²) in [6, 6.07) is 4.59. The van der Waals surface area contributed by atoms with Crippen LogP contribution in [0.1, 0.15) is 57.7 Å². The van der Waals surface area contributed by atoms with Gasteiger partial charge in [-0.2, -0.15) is 0 Å². The minimum absolute atomic E-state index is 0.107. The lowest BCUT2D eigenvalue weighted by Crippen LogP contribution is -2.51. The van der Waals surface area contributed by atoms with Gasteiger partial charge >= 0.3 is 0 Å². The monoisotopic (exact) mass is 290 g/mol. The van der Waals surface area contributed by atoms with E-state index in [2.05, 4.69) is 52.2 Å². The number of aryl methyl sites for hydroxylation is 1. The van der Waals surface area contributed by atoms with E-state index in [-0.39, 0.29) is 11.5 Å². The Morgan fingerprint density at radius 3 is 2.81 bits per heavy atom. The van der Waals surface area contributed by atoms with E-state index in [1.165, 1.54) is 24.1 Å². The number of aromatic nitrogens is 1. The van der Waals surface area contributed by atoms with Crippen LogP contribution in [0.25, 0.3) is 0 Å². The zero-order chi connectivity index (χ0) is 15.5. The molecule has 3 atom stereocenters. The van der Waals surface area contributed by atoms with Crippen LogP contribution >= 0.6 is 0 Å². The molecule has 0 bridgehead atoms. The van der Waals surface area contributed by atoms with Gasteiger partial charge in [-0.15, -0.1) is 0 Å². The molecule has 1 N–H and O–H groups in total. The molecule has 1 aliphatic carbocycles. The fraction of sp³-hybridized carbons (Fsp3) is 0.722. The van der Waals surface area contributed by atoms with Crippen molar-refractivity contribution in [2.45, 2.75) is 65.0 Å². The average Bonchev–Trinajstić information content (AvgIpc) is 2.46. The molecule has 0 aliphatic heterocycles. The second-order valence-electron chi connectivity index (χ2n) is 7.10. The predicted octanol–water partition coefficient (Wildman–Crippen LogP) is 3.54. The summed E-state index contributed by atoms with van der Waals surface area (Å²) >= 11 is 0. The Balaban J connectivity index is 2.33. The third-order valence-electron chi connectivity index (χ3n) is 4.53. The first kappa shape index (κ1) is 16.4. The van der Waals surface area contributed by atoms with Gasteiger partial charge in [-0.1, -0.05) is 26.8 Å². The maximum Gasteiger partial charge on any atom is 0.0782 e. The largest absolute Gasteiger partial charge is 0.376 e. The summed E-state index contributed by atoms with van der Waals surface area (Å²) in [6.45, 7) is 9.62. The SMILES string of the molecule is CCOC(C(NC)C1CCCc2cccnc21)C(C)(C)C. The quantitative estimate of drug-likeness (QED) is 0.900. The first-order valence-corrected chi connectivity index (χ1v) is 8.21. The highest BCUT2D eigenvalue weighted by Crippen LogP contribution is 2.38. The van der Waals surface area contributed by atoms with Crippen molar-refractivity contribution in [3.05, 3.63) is 29.6 Å². The minimum atomic E-state index is 0.107. The van der Waals surface area contributed by atoms with Gasteiger partial charge in [0, 0.05) is 30.5 Å². The fourth-order valence-electron chi connectivity index (χ4n) is 3.63. The molecular weight excluding hydrogens is 260 g/mol. The molecule has 1 aromatic rings. The van der Waals surface area contributed by atoms with E-state index in [1.807, 2.05) is 6.20 Å². The molecule has 3 nitrogen and oxygen atoms in total. The van der Waals surface area contributed by atoms with Crippen LogP contribution in [-0.2, 0) is 11.2 Å². The zero-order valence-electron chi connectivity index (χ0n) is 14.1. The van der Waals surface area contributed by atoms with Gasteiger partial charge in [-0.25, -0.2) is 0 Å². The Hall–Kier alpha value is -0.930. The first-order valence-electron chi connectivity index (χ1n) is 8.21. The van der Waals surface area contributed by atoms with E-state index in [9.17, 15) is 0 Å². The number of likely N-dealkylation sites (N-methyl/N-ethyl adjacent to an activating group) is 1. The molecule has 1 heterocycles. The van der Waals surface area contributed by atoms with Crippen molar-refractivity contribution in [1.82, 2.24) is 10.3 Å². The highest BCUT2D eigenvalue weighted by molar-refractivity contribution is 5.28. The van der Waals surface area contributed by atoms with Gasteiger partial charge < -0.3 is 10.1 Å². The lowest BCUT2D eigenvalue weighted by Gasteiger charge is -2.41. The van der Waals surface area contributed by atoms with Gasteiger partial charge in [0.1, 0.15) is 0 Å². The van der Waals surface area contributed by atoms with Gasteiger partial charge in [-0.05, 0) is 50.3 Å². The number of ether oxygens (including phenoxy) is 1. The van der Waals surface area contributed by atoms with Crippen molar-refractivity contribution in [1.29, 1.82) is 0 Å². The molecule has 118 valence electrons. The van der Waals surface area contributed by atoms with Crippen LogP contribution in [0.15, 0.2) is 18.3 Å². The van der Waals surface area contributed by atoms with Gasteiger partial charge in [0.2, 0.25) is 0 Å². The van der Waals surface area contributed by atoms with Crippen molar-refractivity contribution in [3.63, 3.8) is 0 Å². The molecule has 0 radical (unpaired) electrons. The van der Waals surface area contributed by atoms with Gasteiger partial charge in [0.05, 0.1) is 6.10 Å². The standard InChI is InChI=1S/C18H30N2O/c1-6-21-17(18(2,3)4)16(19-5)14-11-7-9-13-10-8-12-20-15(13)14/h8,10,12,14,16-17,19H,6-7,9,11H2,1-5H3. The molecule has 3 heteroatoms. The summed E-state index contributed by atoms with van der Waals surface area (Å²) in [5, 5.41) is 3.54. The zero-order valence-corrected chi connectivity index (χ0v) is 14.1. The maximum absolute atomic E-state index is 6.14. The van der Waals surface area contributed by atoms with Crippen molar-refractivity contribution < 1.29 is 4.74 Å². The smallest absolute Gasteiger partial charge is 0.0782 e. The van der Waals surface area contributed by atoms with Crippen LogP contribution in [0.4, 0.5) is 0 Å². The predicted molar refractivity (Wildman–Crippen MR) is 87.6 cm³/mol. The summed E-state index contributed by atoms with van der Waals surface area (Å²) in [6.07, 6.45) is 5.70. The van der Waals surface area contributed by atoms with E-state index in [4.69, 9.17) is 9.72 Å². The van der Waals surface area contributed by atoms with Gasteiger partial charge in [0.15, 0.2) is 0 Å². The molecular formula is C18H30N2O. The van der Waals surface area contributed by atoms with Crippen LogP contribution in [-0.4, -0.2) is 30.8 Å². The second-order valence-corrected chi connectivity index (χ2v) is 7.10. The summed E-state index contributed by atoms with van der Waals surface area (Å²) in [4.78, 5) is 4.70. The van der Waals surface area contributed by atoms with E-state index >= 15 is 0 Å².